The van der Waals surface area contributed by atoms with E-state index >= 15 is 0 Å². The molecule has 3 aromatic carbocycles. The van der Waals surface area contributed by atoms with Crippen LogP contribution in [0.3, 0.4) is 0 Å². The maximum atomic E-state index is 13.6. The van der Waals surface area contributed by atoms with Gasteiger partial charge in [0.15, 0.2) is 0 Å². The highest BCUT2D eigenvalue weighted by molar-refractivity contribution is 6.07. The molecular weight excluding hydrogens is 424 g/mol. The van der Waals surface area contributed by atoms with Crippen LogP contribution in [-0.4, -0.2) is 18.9 Å². The highest BCUT2D eigenvalue weighted by Crippen LogP contribution is 2.32. The first-order valence-electron chi connectivity index (χ1n) is 11.4. The van der Waals surface area contributed by atoms with Crippen molar-refractivity contribution in [1.82, 2.24) is 0 Å². The Morgan fingerprint density at radius 1 is 0.882 bits per heavy atom. The number of carbonyl (C=O) groups is 2. The lowest BCUT2D eigenvalue weighted by atomic mass is 10.0. The third-order valence-electron chi connectivity index (χ3n) is 6.54. The molecule has 0 N–H and O–H groups in total. The van der Waals surface area contributed by atoms with Gasteiger partial charge in [0, 0.05) is 29.5 Å². The van der Waals surface area contributed by atoms with Gasteiger partial charge in [0.2, 0.25) is 5.91 Å². The van der Waals surface area contributed by atoms with Crippen molar-refractivity contribution in [3.63, 3.8) is 0 Å². The minimum atomic E-state index is -0.0568. The molecule has 1 aliphatic heterocycles. The topological polar surface area (TPSA) is 53.8 Å². The summed E-state index contributed by atoms with van der Waals surface area (Å²) in [6.45, 7) is 2.37. The monoisotopic (exact) mass is 450 g/mol. The van der Waals surface area contributed by atoms with E-state index in [1.165, 1.54) is 5.56 Å². The lowest BCUT2D eigenvalue weighted by Crippen LogP contribution is -2.31. The highest BCUT2D eigenvalue weighted by Gasteiger charge is 2.25. The molecule has 1 aromatic heterocycles. The van der Waals surface area contributed by atoms with E-state index in [2.05, 4.69) is 18.2 Å². The number of nitrogens with zero attached hydrogens (tertiary/aromatic N) is 2. The van der Waals surface area contributed by atoms with Crippen molar-refractivity contribution in [2.45, 2.75) is 26.3 Å². The number of hydrogen-bond acceptors (Lipinski definition) is 3. The predicted octanol–water partition coefficient (Wildman–Crippen LogP) is 5.54. The van der Waals surface area contributed by atoms with Crippen molar-refractivity contribution in [2.24, 2.45) is 0 Å². The normalized spacial score (nSPS) is 12.5. The molecule has 34 heavy (non-hydrogen) atoms. The molecule has 2 amide bonds. The first-order chi connectivity index (χ1) is 16.5. The van der Waals surface area contributed by atoms with Crippen molar-refractivity contribution in [1.29, 1.82) is 0 Å². The number of aryl methyl sites for hydroxylation is 1. The fourth-order valence-corrected chi connectivity index (χ4v) is 4.45. The summed E-state index contributed by atoms with van der Waals surface area (Å²) in [6, 6.07) is 25.4. The van der Waals surface area contributed by atoms with E-state index in [0.29, 0.717) is 12.1 Å². The number of likely N-dealkylation sites (N-methyl/N-ethyl adjacent to an activating group) is 1. The fraction of sp³-hybridized carbons (Fsp3) is 0.172. The van der Waals surface area contributed by atoms with Crippen LogP contribution in [0.4, 0.5) is 11.4 Å². The van der Waals surface area contributed by atoms with E-state index in [0.717, 1.165) is 40.2 Å². The number of fused-ring (bicyclic) bond motifs is 2. The standard InChI is InChI=1S/C29H26N2O3/c1-20-22(15-16-34-20)18-28(32)30(2)26-13-11-21(12-14-26)29(33)31-19-25-9-4-3-7-23(25)17-24-8-5-6-10-27(24)31/h3-16H,17-19H2,1-2H3. The van der Waals surface area contributed by atoms with Crippen LogP contribution in [0.2, 0.25) is 0 Å². The molecule has 0 fully saturated rings. The first-order valence-corrected chi connectivity index (χ1v) is 11.4. The number of benzene rings is 3. The molecule has 1 aliphatic rings. The average molecular weight is 451 g/mol. The van der Waals surface area contributed by atoms with Crippen molar-refractivity contribution >= 4 is 23.2 Å². The number of hydrogen-bond donors (Lipinski definition) is 0. The maximum absolute atomic E-state index is 13.6. The fourth-order valence-electron chi connectivity index (χ4n) is 4.45. The number of anilines is 2. The second-order valence-corrected chi connectivity index (χ2v) is 8.64. The van der Waals surface area contributed by atoms with Gasteiger partial charge in [-0.2, -0.15) is 0 Å². The number of carbonyl (C=O) groups excluding carboxylic acids is 2. The van der Waals surface area contributed by atoms with E-state index in [1.54, 1.807) is 30.3 Å². The summed E-state index contributed by atoms with van der Waals surface area (Å²) in [5, 5.41) is 0. The Morgan fingerprint density at radius 3 is 2.26 bits per heavy atom. The lowest BCUT2D eigenvalue weighted by Gasteiger charge is -2.24. The molecule has 4 aromatic rings. The summed E-state index contributed by atoms with van der Waals surface area (Å²) < 4.78 is 5.29. The molecule has 2 heterocycles. The Labute approximate surface area is 199 Å². The summed E-state index contributed by atoms with van der Waals surface area (Å²) >= 11 is 0. The van der Waals surface area contributed by atoms with Gasteiger partial charge < -0.3 is 14.2 Å². The smallest absolute Gasteiger partial charge is 0.258 e. The Kier molecular flexibility index (Phi) is 5.76. The Morgan fingerprint density at radius 2 is 1.56 bits per heavy atom. The van der Waals surface area contributed by atoms with Gasteiger partial charge in [-0.25, -0.2) is 0 Å². The van der Waals surface area contributed by atoms with E-state index < -0.39 is 0 Å². The van der Waals surface area contributed by atoms with Gasteiger partial charge in [-0.15, -0.1) is 0 Å². The van der Waals surface area contributed by atoms with Crippen molar-refractivity contribution in [2.75, 3.05) is 16.8 Å². The molecule has 0 atom stereocenters. The van der Waals surface area contributed by atoms with Crippen molar-refractivity contribution < 1.29 is 14.0 Å². The van der Waals surface area contributed by atoms with E-state index in [-0.39, 0.29) is 18.2 Å². The first kappa shape index (κ1) is 21.7. The molecule has 0 bridgehead atoms. The minimum absolute atomic E-state index is 0.0402. The quantitative estimate of drug-likeness (QED) is 0.410. The number of furan rings is 1. The van der Waals surface area contributed by atoms with Crippen molar-refractivity contribution in [3.8, 4) is 0 Å². The van der Waals surface area contributed by atoms with Crippen LogP contribution < -0.4 is 9.80 Å². The second-order valence-electron chi connectivity index (χ2n) is 8.64. The van der Waals surface area contributed by atoms with Gasteiger partial charge in [0.05, 0.1) is 19.2 Å². The molecule has 0 aliphatic carbocycles. The summed E-state index contributed by atoms with van der Waals surface area (Å²) in [7, 11) is 1.75. The van der Waals surface area contributed by atoms with Crippen LogP contribution in [0, 0.1) is 6.92 Å². The molecular formula is C29H26N2O3. The van der Waals surface area contributed by atoms with E-state index in [1.807, 2.05) is 60.4 Å². The molecule has 5 rings (SSSR count). The largest absolute Gasteiger partial charge is 0.469 e. The van der Waals surface area contributed by atoms with Gasteiger partial charge >= 0.3 is 0 Å². The molecule has 0 unspecified atom stereocenters. The Bertz CT molecular complexity index is 1350. The Hall–Kier alpha value is -4.12. The van der Waals surface area contributed by atoms with Gasteiger partial charge in [0.25, 0.3) is 5.91 Å². The van der Waals surface area contributed by atoms with Gasteiger partial charge in [0.1, 0.15) is 5.76 Å². The van der Waals surface area contributed by atoms with Crippen LogP contribution in [0.5, 0.6) is 0 Å². The zero-order chi connectivity index (χ0) is 23.7. The second kappa shape index (κ2) is 9.02. The van der Waals surface area contributed by atoms with E-state index in [4.69, 9.17) is 4.42 Å². The summed E-state index contributed by atoms with van der Waals surface area (Å²) in [6.07, 6.45) is 2.67. The summed E-state index contributed by atoms with van der Waals surface area (Å²) in [5.74, 6) is 0.655. The maximum Gasteiger partial charge on any atom is 0.258 e. The van der Waals surface area contributed by atoms with Crippen LogP contribution >= 0.6 is 0 Å². The highest BCUT2D eigenvalue weighted by atomic mass is 16.3. The molecule has 0 spiro atoms. The number of para-hydroxylation sites is 1. The van der Waals surface area contributed by atoms with Crippen LogP contribution in [-0.2, 0) is 24.2 Å². The van der Waals surface area contributed by atoms with Gasteiger partial charge in [-0.3, -0.25) is 9.59 Å². The molecule has 0 saturated carbocycles. The van der Waals surface area contributed by atoms with Crippen molar-refractivity contribution in [3.05, 3.63) is 119 Å². The van der Waals surface area contributed by atoms with Gasteiger partial charge in [-0.1, -0.05) is 42.5 Å². The number of amides is 2. The molecule has 5 nitrogen and oxygen atoms in total. The third kappa shape index (κ3) is 4.13. The Balaban J connectivity index is 1.39. The van der Waals surface area contributed by atoms with Crippen LogP contribution in [0.1, 0.15) is 38.4 Å². The zero-order valence-corrected chi connectivity index (χ0v) is 19.3. The van der Waals surface area contributed by atoms with E-state index in [9.17, 15) is 9.59 Å². The number of rotatable bonds is 4. The molecule has 0 radical (unpaired) electrons. The summed E-state index contributed by atoms with van der Waals surface area (Å²) in [5.41, 5.74) is 6.68. The van der Waals surface area contributed by atoms with Gasteiger partial charge in [-0.05, 0) is 66.4 Å². The molecule has 170 valence electrons. The van der Waals surface area contributed by atoms with Crippen LogP contribution in [0.25, 0.3) is 0 Å². The predicted molar refractivity (Wildman–Crippen MR) is 133 cm³/mol. The zero-order valence-electron chi connectivity index (χ0n) is 19.3. The van der Waals surface area contributed by atoms with Crippen LogP contribution in [0.15, 0.2) is 89.5 Å². The third-order valence-corrected chi connectivity index (χ3v) is 6.54. The minimum Gasteiger partial charge on any atom is -0.469 e. The molecule has 5 heteroatoms. The average Bonchev–Trinajstić information content (AvgIpc) is 3.18. The summed E-state index contributed by atoms with van der Waals surface area (Å²) in [4.78, 5) is 29.8. The SMILES string of the molecule is Cc1occc1CC(=O)N(C)c1ccc(C(=O)N2Cc3ccccc3Cc3ccccc32)cc1. The molecule has 0 saturated heterocycles. The lowest BCUT2D eigenvalue weighted by molar-refractivity contribution is -0.117.